The van der Waals surface area contributed by atoms with Gasteiger partial charge >= 0.3 is 0 Å². The van der Waals surface area contributed by atoms with Crippen LogP contribution >= 0.6 is 0 Å². The zero-order valence-electron chi connectivity index (χ0n) is 7.81. The van der Waals surface area contributed by atoms with Crippen LogP contribution in [0.25, 0.3) is 11.1 Å². The van der Waals surface area contributed by atoms with Gasteiger partial charge in [-0.3, -0.25) is 9.97 Å². The molecule has 0 bridgehead atoms. The Balaban J connectivity index is 2.44. The van der Waals surface area contributed by atoms with Crippen LogP contribution in [0.2, 0.25) is 0 Å². The average Bonchev–Trinajstić information content (AvgIpc) is 2.19. The normalized spacial score (nSPS) is 10.1. The Morgan fingerprint density at radius 1 is 1.07 bits per heavy atom. The maximum atomic E-state index is 9.25. The van der Waals surface area contributed by atoms with E-state index in [2.05, 4.69) is 9.97 Å². The van der Waals surface area contributed by atoms with E-state index in [1.165, 1.54) is 6.20 Å². The Morgan fingerprint density at radius 3 is 2.57 bits per heavy atom. The number of hydrogen-bond acceptors (Lipinski definition) is 3. The minimum Gasteiger partial charge on any atom is -0.506 e. The summed E-state index contributed by atoms with van der Waals surface area (Å²) in [7, 11) is 0. The van der Waals surface area contributed by atoms with E-state index in [4.69, 9.17) is 0 Å². The molecule has 0 aliphatic carbocycles. The van der Waals surface area contributed by atoms with Crippen LogP contribution in [0.4, 0.5) is 0 Å². The van der Waals surface area contributed by atoms with Crippen molar-refractivity contribution in [3.05, 3.63) is 42.5 Å². The summed E-state index contributed by atoms with van der Waals surface area (Å²) in [5.41, 5.74) is 2.80. The van der Waals surface area contributed by atoms with Crippen molar-refractivity contribution in [1.29, 1.82) is 0 Å². The molecule has 0 unspecified atom stereocenters. The topological polar surface area (TPSA) is 46.0 Å². The highest BCUT2D eigenvalue weighted by Gasteiger charge is 1.98. The quantitative estimate of drug-likeness (QED) is 0.742. The van der Waals surface area contributed by atoms with Crippen molar-refractivity contribution < 1.29 is 5.11 Å². The van der Waals surface area contributed by atoms with Gasteiger partial charge in [0.05, 0.1) is 6.20 Å². The van der Waals surface area contributed by atoms with Gasteiger partial charge in [-0.25, -0.2) is 0 Å². The highest BCUT2D eigenvalue weighted by Crippen LogP contribution is 2.20. The van der Waals surface area contributed by atoms with Crippen LogP contribution in [0, 0.1) is 6.92 Å². The van der Waals surface area contributed by atoms with E-state index in [-0.39, 0.29) is 5.75 Å². The molecule has 0 saturated carbocycles. The third kappa shape index (κ3) is 1.71. The fourth-order valence-corrected chi connectivity index (χ4v) is 1.22. The predicted octanol–water partition coefficient (Wildman–Crippen LogP) is 2.16. The molecule has 0 aliphatic heterocycles. The van der Waals surface area contributed by atoms with Crippen molar-refractivity contribution in [1.82, 2.24) is 9.97 Å². The van der Waals surface area contributed by atoms with Gasteiger partial charge in [-0.05, 0) is 19.1 Å². The van der Waals surface area contributed by atoms with Crippen LogP contribution in [-0.2, 0) is 0 Å². The molecule has 0 saturated heterocycles. The van der Waals surface area contributed by atoms with Gasteiger partial charge in [-0.1, -0.05) is 6.07 Å². The SMILES string of the molecule is Cc1ccc(-c2cncc(O)c2)cn1. The zero-order chi connectivity index (χ0) is 9.97. The lowest BCUT2D eigenvalue weighted by atomic mass is 10.1. The van der Waals surface area contributed by atoms with Gasteiger partial charge in [-0.2, -0.15) is 0 Å². The molecular formula is C11H10N2O. The average molecular weight is 186 g/mol. The van der Waals surface area contributed by atoms with Crippen LogP contribution < -0.4 is 0 Å². The molecule has 70 valence electrons. The number of pyridine rings is 2. The third-order valence-corrected chi connectivity index (χ3v) is 1.97. The maximum absolute atomic E-state index is 9.25. The summed E-state index contributed by atoms with van der Waals surface area (Å²) < 4.78 is 0. The number of aromatic hydroxyl groups is 1. The zero-order valence-corrected chi connectivity index (χ0v) is 7.81. The minimum absolute atomic E-state index is 0.170. The Kier molecular flexibility index (Phi) is 2.14. The van der Waals surface area contributed by atoms with Crippen molar-refractivity contribution in [2.45, 2.75) is 6.92 Å². The molecule has 3 nitrogen and oxygen atoms in total. The highest BCUT2D eigenvalue weighted by atomic mass is 16.3. The van der Waals surface area contributed by atoms with Gasteiger partial charge in [-0.15, -0.1) is 0 Å². The number of nitrogens with zero attached hydrogens (tertiary/aromatic N) is 2. The smallest absolute Gasteiger partial charge is 0.134 e. The van der Waals surface area contributed by atoms with E-state index >= 15 is 0 Å². The molecule has 0 spiro atoms. The summed E-state index contributed by atoms with van der Waals surface area (Å²) in [6.45, 7) is 1.94. The van der Waals surface area contributed by atoms with Crippen LogP contribution in [0.15, 0.2) is 36.8 Å². The summed E-state index contributed by atoms with van der Waals surface area (Å²) in [5.74, 6) is 0.170. The van der Waals surface area contributed by atoms with E-state index in [0.717, 1.165) is 16.8 Å². The van der Waals surface area contributed by atoms with Crippen LogP contribution in [0.3, 0.4) is 0 Å². The Morgan fingerprint density at radius 2 is 1.93 bits per heavy atom. The predicted molar refractivity (Wildman–Crippen MR) is 53.9 cm³/mol. The second-order valence-electron chi connectivity index (χ2n) is 3.12. The first kappa shape index (κ1) is 8.69. The van der Waals surface area contributed by atoms with E-state index in [1.54, 1.807) is 18.5 Å². The molecular weight excluding hydrogens is 176 g/mol. The maximum Gasteiger partial charge on any atom is 0.134 e. The van der Waals surface area contributed by atoms with E-state index in [1.807, 2.05) is 19.1 Å². The molecule has 0 amide bonds. The molecule has 0 radical (unpaired) electrons. The van der Waals surface area contributed by atoms with E-state index < -0.39 is 0 Å². The van der Waals surface area contributed by atoms with Crippen molar-refractivity contribution in [2.24, 2.45) is 0 Å². The Bertz CT molecular complexity index is 437. The Hall–Kier alpha value is -1.90. The van der Waals surface area contributed by atoms with Crippen molar-refractivity contribution in [2.75, 3.05) is 0 Å². The number of rotatable bonds is 1. The van der Waals surface area contributed by atoms with Crippen LogP contribution in [0.1, 0.15) is 5.69 Å². The number of aryl methyl sites for hydroxylation is 1. The summed E-state index contributed by atoms with van der Waals surface area (Å²) in [6, 6.07) is 5.55. The molecule has 2 rings (SSSR count). The van der Waals surface area contributed by atoms with Gasteiger partial charge in [0.2, 0.25) is 0 Å². The van der Waals surface area contributed by atoms with E-state index in [0.29, 0.717) is 0 Å². The summed E-state index contributed by atoms with van der Waals surface area (Å²) >= 11 is 0. The lowest BCUT2D eigenvalue weighted by Crippen LogP contribution is -1.83. The first-order valence-electron chi connectivity index (χ1n) is 4.33. The van der Waals surface area contributed by atoms with Gasteiger partial charge in [0.25, 0.3) is 0 Å². The molecule has 0 aromatic carbocycles. The molecule has 14 heavy (non-hydrogen) atoms. The fraction of sp³-hybridized carbons (Fsp3) is 0.0909. The van der Waals surface area contributed by atoms with Gasteiger partial charge in [0, 0.05) is 29.2 Å². The van der Waals surface area contributed by atoms with Crippen molar-refractivity contribution in [3.63, 3.8) is 0 Å². The lowest BCUT2D eigenvalue weighted by molar-refractivity contribution is 0.473. The Labute approximate surface area is 82.1 Å². The monoisotopic (exact) mass is 186 g/mol. The van der Waals surface area contributed by atoms with Crippen molar-refractivity contribution in [3.8, 4) is 16.9 Å². The molecule has 1 N–H and O–H groups in total. The van der Waals surface area contributed by atoms with Crippen LogP contribution in [0.5, 0.6) is 5.75 Å². The highest BCUT2D eigenvalue weighted by molar-refractivity contribution is 5.62. The standard InChI is InChI=1S/C11H10N2O/c1-8-2-3-9(6-13-8)10-4-11(14)7-12-5-10/h2-7,14H,1H3. The van der Waals surface area contributed by atoms with Gasteiger partial charge in [0.15, 0.2) is 0 Å². The molecule has 2 aromatic heterocycles. The summed E-state index contributed by atoms with van der Waals surface area (Å²) in [6.07, 6.45) is 4.88. The van der Waals surface area contributed by atoms with Crippen LogP contribution in [-0.4, -0.2) is 15.1 Å². The minimum atomic E-state index is 0.170. The lowest BCUT2D eigenvalue weighted by Gasteiger charge is -2.01. The second-order valence-corrected chi connectivity index (χ2v) is 3.12. The molecule has 0 aliphatic rings. The summed E-state index contributed by atoms with van der Waals surface area (Å²) in [4.78, 5) is 8.08. The first-order valence-corrected chi connectivity index (χ1v) is 4.33. The van der Waals surface area contributed by atoms with Gasteiger partial charge < -0.3 is 5.11 Å². The largest absolute Gasteiger partial charge is 0.506 e. The molecule has 0 atom stereocenters. The molecule has 2 heterocycles. The van der Waals surface area contributed by atoms with E-state index in [9.17, 15) is 5.11 Å². The van der Waals surface area contributed by atoms with Crippen molar-refractivity contribution >= 4 is 0 Å². The summed E-state index contributed by atoms with van der Waals surface area (Å²) in [5, 5.41) is 9.25. The number of aromatic nitrogens is 2. The fourth-order valence-electron chi connectivity index (χ4n) is 1.22. The van der Waals surface area contributed by atoms with Gasteiger partial charge in [0.1, 0.15) is 5.75 Å². The molecule has 2 aromatic rings. The molecule has 3 heteroatoms. The third-order valence-electron chi connectivity index (χ3n) is 1.97. The molecule has 0 fully saturated rings. The first-order chi connectivity index (χ1) is 6.75. The second kappa shape index (κ2) is 3.46. The number of hydrogen-bond donors (Lipinski definition) is 1.